The summed E-state index contributed by atoms with van der Waals surface area (Å²) >= 11 is 0. The molecule has 4 bridgehead atoms. The van der Waals surface area contributed by atoms with Gasteiger partial charge in [-0.25, -0.2) is 4.79 Å². The molecule has 4 saturated carbocycles. The number of carbonyl (C=O) groups excluding carboxylic acids is 1. The van der Waals surface area contributed by atoms with Crippen molar-refractivity contribution in [1.29, 1.82) is 0 Å². The van der Waals surface area contributed by atoms with Gasteiger partial charge in [-0.15, -0.1) is 0 Å². The first-order valence-corrected chi connectivity index (χ1v) is 10.7. The second kappa shape index (κ2) is 6.35. The number of hydrogen-bond donors (Lipinski definition) is 1. The molecule has 4 aliphatic carbocycles. The Hall–Kier alpha value is -1.84. The molecule has 27 heavy (non-hydrogen) atoms. The molecule has 0 radical (unpaired) electrons. The van der Waals surface area contributed by atoms with Gasteiger partial charge in [0.05, 0.1) is 11.1 Å². The van der Waals surface area contributed by atoms with E-state index in [0.29, 0.717) is 11.0 Å². The van der Waals surface area contributed by atoms with Crippen molar-refractivity contribution in [2.45, 2.75) is 51.4 Å². The predicted octanol–water partition coefficient (Wildman–Crippen LogP) is 4.45. The molecule has 6 rings (SSSR count). The van der Waals surface area contributed by atoms with E-state index in [1.54, 1.807) is 18.2 Å². The summed E-state index contributed by atoms with van der Waals surface area (Å²) in [5, 5.41) is 9.38. The minimum atomic E-state index is -1.03. The highest BCUT2D eigenvalue weighted by molar-refractivity contribution is 6.04. The Kier molecular flexibility index (Phi) is 4.06. The first-order chi connectivity index (χ1) is 13.0. The number of aromatic carboxylic acids is 1. The number of hydrogen-bond acceptors (Lipinski definition) is 2. The van der Waals surface area contributed by atoms with Crippen molar-refractivity contribution in [2.75, 3.05) is 13.1 Å². The van der Waals surface area contributed by atoms with E-state index in [-0.39, 0.29) is 11.5 Å². The summed E-state index contributed by atoms with van der Waals surface area (Å²) in [6.07, 6.45) is 10.9. The smallest absolute Gasteiger partial charge is 0.336 e. The van der Waals surface area contributed by atoms with Crippen LogP contribution in [-0.2, 0) is 0 Å². The van der Waals surface area contributed by atoms with E-state index in [9.17, 15) is 14.7 Å². The van der Waals surface area contributed by atoms with Crippen LogP contribution in [0.25, 0.3) is 0 Å². The molecule has 0 atom stereocenters. The maximum Gasteiger partial charge on any atom is 0.336 e. The quantitative estimate of drug-likeness (QED) is 0.858. The van der Waals surface area contributed by atoms with E-state index in [4.69, 9.17) is 0 Å². The topological polar surface area (TPSA) is 57.6 Å². The largest absolute Gasteiger partial charge is 0.478 e. The maximum absolute atomic E-state index is 12.9. The normalized spacial score (nSPS) is 35.4. The Balaban J connectivity index is 1.28. The molecule has 0 aromatic heterocycles. The number of carboxylic acids is 1. The van der Waals surface area contributed by atoms with Gasteiger partial charge < -0.3 is 10.0 Å². The van der Waals surface area contributed by atoms with Crippen LogP contribution < -0.4 is 0 Å². The van der Waals surface area contributed by atoms with Crippen LogP contribution in [0.2, 0.25) is 0 Å². The van der Waals surface area contributed by atoms with Gasteiger partial charge in [-0.05, 0) is 92.6 Å². The predicted molar refractivity (Wildman–Crippen MR) is 103 cm³/mol. The molecule has 4 nitrogen and oxygen atoms in total. The van der Waals surface area contributed by atoms with E-state index in [0.717, 1.165) is 49.6 Å². The molecule has 1 aromatic carbocycles. The third-order valence-corrected chi connectivity index (χ3v) is 8.12. The highest BCUT2D eigenvalue weighted by Crippen LogP contribution is 2.64. The van der Waals surface area contributed by atoms with Crippen LogP contribution in [0, 0.1) is 29.1 Å². The number of piperidine rings is 1. The number of carbonyl (C=O) groups is 2. The summed E-state index contributed by atoms with van der Waals surface area (Å²) < 4.78 is 0. The molecular formula is C23H29NO3. The van der Waals surface area contributed by atoms with Crippen molar-refractivity contribution in [3.8, 4) is 0 Å². The maximum atomic E-state index is 12.9. The fourth-order valence-electron chi connectivity index (χ4n) is 7.40. The van der Waals surface area contributed by atoms with Crippen LogP contribution in [0.4, 0.5) is 0 Å². The summed E-state index contributed by atoms with van der Waals surface area (Å²) in [4.78, 5) is 26.3. The van der Waals surface area contributed by atoms with Crippen LogP contribution in [0.3, 0.4) is 0 Å². The average molecular weight is 367 g/mol. The first-order valence-electron chi connectivity index (χ1n) is 10.7. The number of amides is 1. The number of carboxylic acid groups (broad SMARTS) is 1. The lowest BCUT2D eigenvalue weighted by Gasteiger charge is -2.60. The molecule has 1 aromatic rings. The monoisotopic (exact) mass is 367 g/mol. The van der Waals surface area contributed by atoms with E-state index < -0.39 is 5.97 Å². The molecule has 0 spiro atoms. The molecule has 0 unspecified atom stereocenters. The highest BCUT2D eigenvalue weighted by atomic mass is 16.4. The van der Waals surface area contributed by atoms with Crippen molar-refractivity contribution < 1.29 is 14.7 Å². The standard InChI is InChI=1S/C23H29NO3/c25-21(19-3-1-2-4-20(19)22(26)27)24-7-5-18(6-8-24)23-12-15-9-16(13-23)11-17(10-15)14-23/h1-4,15-18H,5-14H2,(H,26,27). The van der Waals surface area contributed by atoms with Crippen molar-refractivity contribution in [2.24, 2.45) is 29.1 Å². The number of nitrogens with zero attached hydrogens (tertiary/aromatic N) is 1. The molecule has 5 aliphatic rings. The van der Waals surface area contributed by atoms with Crippen LogP contribution in [-0.4, -0.2) is 35.0 Å². The SMILES string of the molecule is O=C(O)c1ccccc1C(=O)N1CCC(C23CC4CC(CC(C4)C2)C3)CC1. The Labute approximate surface area is 160 Å². The number of benzene rings is 1. The zero-order valence-corrected chi connectivity index (χ0v) is 15.9. The summed E-state index contributed by atoms with van der Waals surface area (Å²) in [5.41, 5.74) is 1.01. The van der Waals surface area contributed by atoms with Gasteiger partial charge in [0.15, 0.2) is 0 Å². The highest BCUT2D eigenvalue weighted by Gasteiger charge is 2.54. The van der Waals surface area contributed by atoms with Gasteiger partial charge in [0.1, 0.15) is 0 Å². The van der Waals surface area contributed by atoms with Crippen LogP contribution in [0.15, 0.2) is 24.3 Å². The molecule has 1 amide bonds. The van der Waals surface area contributed by atoms with Gasteiger partial charge in [0.25, 0.3) is 5.91 Å². The molecule has 1 saturated heterocycles. The lowest BCUT2D eigenvalue weighted by Crippen LogP contribution is -2.52. The van der Waals surface area contributed by atoms with Crippen LogP contribution in [0.1, 0.15) is 72.1 Å². The summed E-state index contributed by atoms with van der Waals surface area (Å²) in [5.74, 6) is 2.53. The first kappa shape index (κ1) is 17.3. The van der Waals surface area contributed by atoms with E-state index in [1.165, 1.54) is 44.6 Å². The van der Waals surface area contributed by atoms with E-state index >= 15 is 0 Å². The van der Waals surface area contributed by atoms with Crippen molar-refractivity contribution in [1.82, 2.24) is 4.90 Å². The van der Waals surface area contributed by atoms with Crippen molar-refractivity contribution in [3.05, 3.63) is 35.4 Å². The van der Waals surface area contributed by atoms with E-state index in [1.807, 2.05) is 4.90 Å². The molecule has 1 N–H and O–H groups in total. The van der Waals surface area contributed by atoms with Gasteiger partial charge in [0, 0.05) is 13.1 Å². The summed E-state index contributed by atoms with van der Waals surface area (Å²) in [7, 11) is 0. The molecule has 144 valence electrons. The Morgan fingerprint density at radius 2 is 1.41 bits per heavy atom. The zero-order chi connectivity index (χ0) is 18.6. The Bertz CT molecular complexity index is 727. The minimum Gasteiger partial charge on any atom is -0.478 e. The molecule has 1 aliphatic heterocycles. The third-order valence-electron chi connectivity index (χ3n) is 8.12. The van der Waals surface area contributed by atoms with Crippen molar-refractivity contribution in [3.63, 3.8) is 0 Å². The minimum absolute atomic E-state index is 0.114. The fraction of sp³-hybridized carbons (Fsp3) is 0.652. The molecule has 5 fully saturated rings. The van der Waals surface area contributed by atoms with Crippen molar-refractivity contribution >= 4 is 11.9 Å². The second-order valence-electron chi connectivity index (χ2n) is 9.70. The van der Waals surface area contributed by atoms with Gasteiger partial charge in [-0.2, -0.15) is 0 Å². The van der Waals surface area contributed by atoms with Crippen LogP contribution >= 0.6 is 0 Å². The number of rotatable bonds is 3. The fourth-order valence-corrected chi connectivity index (χ4v) is 7.40. The second-order valence-corrected chi connectivity index (χ2v) is 9.70. The van der Waals surface area contributed by atoms with Gasteiger partial charge in [-0.3, -0.25) is 4.79 Å². The van der Waals surface area contributed by atoms with E-state index in [2.05, 4.69) is 0 Å². The third kappa shape index (κ3) is 2.88. The summed E-state index contributed by atoms with van der Waals surface area (Å²) in [6.45, 7) is 1.55. The average Bonchev–Trinajstić information content (AvgIpc) is 2.66. The van der Waals surface area contributed by atoms with Crippen LogP contribution in [0.5, 0.6) is 0 Å². The molecule has 1 heterocycles. The zero-order valence-electron chi connectivity index (χ0n) is 15.9. The van der Waals surface area contributed by atoms with Gasteiger partial charge in [0.2, 0.25) is 0 Å². The lowest BCUT2D eigenvalue weighted by atomic mass is 9.45. The summed E-state index contributed by atoms with van der Waals surface area (Å²) in [6, 6.07) is 6.61. The Morgan fingerprint density at radius 3 is 1.93 bits per heavy atom. The lowest BCUT2D eigenvalue weighted by molar-refractivity contribution is -0.0979. The van der Waals surface area contributed by atoms with Gasteiger partial charge >= 0.3 is 5.97 Å². The number of likely N-dealkylation sites (tertiary alicyclic amines) is 1. The molecular weight excluding hydrogens is 338 g/mol. The van der Waals surface area contributed by atoms with Gasteiger partial charge in [-0.1, -0.05) is 12.1 Å². The Morgan fingerprint density at radius 1 is 0.889 bits per heavy atom. The molecule has 4 heteroatoms.